The Kier molecular flexibility index (Phi) is 4.54. The number of hydrogen-bond acceptors (Lipinski definition) is 4. The second-order valence-corrected chi connectivity index (χ2v) is 8.31. The zero-order valence-corrected chi connectivity index (χ0v) is 15.9. The van der Waals surface area contributed by atoms with E-state index >= 15 is 0 Å². The summed E-state index contributed by atoms with van der Waals surface area (Å²) in [6.07, 6.45) is -3.56. The van der Waals surface area contributed by atoms with Crippen LogP contribution >= 0.6 is 22.9 Å². The molecule has 0 atom stereocenters. The van der Waals surface area contributed by atoms with Crippen molar-refractivity contribution >= 4 is 34.8 Å². The molecule has 4 rings (SSSR count). The third-order valence-electron chi connectivity index (χ3n) is 4.76. The SMILES string of the molecule is O=C1CCC2(CN(C(=O)c3sc(-c4ccc(OC(F)(F)F)cc4)cc3Cl)C2)N1. The van der Waals surface area contributed by atoms with Gasteiger partial charge in [0.2, 0.25) is 5.91 Å². The maximum atomic E-state index is 12.7. The van der Waals surface area contributed by atoms with Crippen LogP contribution in [-0.4, -0.2) is 41.7 Å². The van der Waals surface area contributed by atoms with Crippen LogP contribution in [0.3, 0.4) is 0 Å². The van der Waals surface area contributed by atoms with Crippen molar-refractivity contribution in [3.63, 3.8) is 0 Å². The van der Waals surface area contributed by atoms with Crippen molar-refractivity contribution in [2.45, 2.75) is 24.7 Å². The molecule has 5 nitrogen and oxygen atoms in total. The van der Waals surface area contributed by atoms with Gasteiger partial charge in [0, 0.05) is 24.4 Å². The summed E-state index contributed by atoms with van der Waals surface area (Å²) in [5, 5.41) is 3.20. The highest BCUT2D eigenvalue weighted by Gasteiger charge is 2.49. The Bertz CT molecular complexity index is 937. The first-order chi connectivity index (χ1) is 13.1. The van der Waals surface area contributed by atoms with Gasteiger partial charge < -0.3 is 15.0 Å². The topological polar surface area (TPSA) is 58.6 Å². The van der Waals surface area contributed by atoms with Gasteiger partial charge in [-0.3, -0.25) is 9.59 Å². The van der Waals surface area contributed by atoms with Gasteiger partial charge >= 0.3 is 6.36 Å². The minimum atomic E-state index is -4.75. The van der Waals surface area contributed by atoms with E-state index in [9.17, 15) is 22.8 Å². The quantitative estimate of drug-likeness (QED) is 0.798. The number of carbonyl (C=O) groups is 2. The van der Waals surface area contributed by atoms with E-state index in [1.807, 2.05) is 0 Å². The molecule has 0 radical (unpaired) electrons. The second-order valence-electron chi connectivity index (χ2n) is 6.85. The van der Waals surface area contributed by atoms with E-state index in [0.717, 1.165) is 0 Å². The lowest BCUT2D eigenvalue weighted by atomic mass is 9.88. The van der Waals surface area contributed by atoms with Crippen molar-refractivity contribution in [3.05, 3.63) is 40.2 Å². The second kappa shape index (κ2) is 6.66. The van der Waals surface area contributed by atoms with Crippen LogP contribution in [0.4, 0.5) is 13.2 Å². The van der Waals surface area contributed by atoms with Crippen LogP contribution in [0.5, 0.6) is 5.75 Å². The summed E-state index contributed by atoms with van der Waals surface area (Å²) in [5.41, 5.74) is 0.316. The molecule has 2 aromatic rings. The van der Waals surface area contributed by atoms with Gasteiger partial charge in [-0.2, -0.15) is 0 Å². The summed E-state index contributed by atoms with van der Waals surface area (Å²) < 4.78 is 40.6. The zero-order chi connectivity index (χ0) is 20.1. The highest BCUT2D eigenvalue weighted by atomic mass is 35.5. The van der Waals surface area contributed by atoms with Crippen molar-refractivity contribution in [2.24, 2.45) is 0 Å². The molecule has 2 fully saturated rings. The molecule has 28 heavy (non-hydrogen) atoms. The van der Waals surface area contributed by atoms with Crippen LogP contribution in [0.25, 0.3) is 10.4 Å². The lowest BCUT2D eigenvalue weighted by molar-refractivity contribution is -0.274. The highest BCUT2D eigenvalue weighted by Crippen LogP contribution is 2.38. The van der Waals surface area contributed by atoms with Crippen molar-refractivity contribution < 1.29 is 27.5 Å². The van der Waals surface area contributed by atoms with E-state index in [-0.39, 0.29) is 28.1 Å². The van der Waals surface area contributed by atoms with E-state index in [0.29, 0.717) is 41.2 Å². The van der Waals surface area contributed by atoms with Crippen LogP contribution in [0, 0.1) is 0 Å². The molecule has 0 aliphatic carbocycles. The predicted octanol–water partition coefficient (Wildman–Crippen LogP) is 4.07. The van der Waals surface area contributed by atoms with Crippen molar-refractivity contribution in [1.29, 1.82) is 0 Å². The van der Waals surface area contributed by atoms with Gasteiger partial charge in [0.25, 0.3) is 5.91 Å². The van der Waals surface area contributed by atoms with E-state index in [1.54, 1.807) is 11.0 Å². The summed E-state index contributed by atoms with van der Waals surface area (Å²) in [4.78, 5) is 26.8. The number of hydrogen-bond donors (Lipinski definition) is 1. The summed E-state index contributed by atoms with van der Waals surface area (Å²) in [6, 6.07) is 6.99. The predicted molar refractivity (Wildman–Crippen MR) is 97.5 cm³/mol. The first kappa shape index (κ1) is 19.1. The van der Waals surface area contributed by atoms with E-state index in [4.69, 9.17) is 11.6 Å². The van der Waals surface area contributed by atoms with E-state index in [2.05, 4.69) is 10.1 Å². The third kappa shape index (κ3) is 3.68. The molecule has 148 valence electrons. The van der Waals surface area contributed by atoms with Gasteiger partial charge in [-0.15, -0.1) is 24.5 Å². The largest absolute Gasteiger partial charge is 0.573 e. The summed E-state index contributed by atoms with van der Waals surface area (Å²) >= 11 is 7.40. The number of carbonyl (C=O) groups excluding carboxylic acids is 2. The average Bonchev–Trinajstić information content (AvgIpc) is 3.15. The monoisotopic (exact) mass is 430 g/mol. The fraction of sp³-hybridized carbons (Fsp3) is 0.333. The number of thiophene rings is 1. The zero-order valence-electron chi connectivity index (χ0n) is 14.3. The minimum absolute atomic E-state index is 0.00138. The van der Waals surface area contributed by atoms with E-state index < -0.39 is 6.36 Å². The van der Waals surface area contributed by atoms with Gasteiger partial charge in [0.15, 0.2) is 0 Å². The Morgan fingerprint density at radius 1 is 1.25 bits per heavy atom. The molecule has 2 aliphatic heterocycles. The maximum Gasteiger partial charge on any atom is 0.573 e. The molecule has 1 aromatic heterocycles. The number of amides is 2. The molecule has 1 N–H and O–H groups in total. The summed E-state index contributed by atoms with van der Waals surface area (Å²) in [5.74, 6) is -0.536. The molecule has 2 aliphatic rings. The average molecular weight is 431 g/mol. The Balaban J connectivity index is 1.47. The number of ether oxygens (including phenoxy) is 1. The van der Waals surface area contributed by atoms with Crippen LogP contribution in [0.1, 0.15) is 22.5 Å². The number of alkyl halides is 3. The molecule has 1 aromatic carbocycles. The number of halogens is 4. The molecule has 2 saturated heterocycles. The first-order valence-corrected chi connectivity index (χ1v) is 9.59. The maximum absolute atomic E-state index is 12.7. The fourth-order valence-electron chi connectivity index (χ4n) is 3.46. The Hall–Kier alpha value is -2.26. The van der Waals surface area contributed by atoms with Crippen molar-refractivity contribution in [2.75, 3.05) is 13.1 Å². The van der Waals surface area contributed by atoms with Crippen LogP contribution in [0.15, 0.2) is 30.3 Å². The molecule has 10 heteroatoms. The van der Waals surface area contributed by atoms with Gasteiger partial charge in [-0.05, 0) is 42.3 Å². The smallest absolute Gasteiger partial charge is 0.406 e. The summed E-state index contributed by atoms with van der Waals surface area (Å²) in [7, 11) is 0. The summed E-state index contributed by atoms with van der Waals surface area (Å²) in [6.45, 7) is 0.898. The van der Waals surface area contributed by atoms with Crippen molar-refractivity contribution in [3.8, 4) is 16.2 Å². The number of benzene rings is 1. The lowest BCUT2D eigenvalue weighted by Crippen LogP contribution is -2.68. The Morgan fingerprint density at radius 3 is 2.50 bits per heavy atom. The van der Waals surface area contributed by atoms with Gasteiger partial charge in [0.05, 0.1) is 10.6 Å². The number of nitrogens with one attached hydrogen (secondary N) is 1. The molecule has 0 unspecified atom stereocenters. The molecule has 0 bridgehead atoms. The molecule has 2 amide bonds. The van der Waals surface area contributed by atoms with Crippen molar-refractivity contribution in [1.82, 2.24) is 10.2 Å². The number of likely N-dealkylation sites (tertiary alicyclic amines) is 1. The van der Waals surface area contributed by atoms with Gasteiger partial charge in [0.1, 0.15) is 10.6 Å². The molecule has 0 saturated carbocycles. The Labute approximate surface area is 167 Å². The highest BCUT2D eigenvalue weighted by molar-refractivity contribution is 7.18. The molecule has 3 heterocycles. The van der Waals surface area contributed by atoms with E-state index in [1.165, 1.54) is 35.6 Å². The molecule has 1 spiro atoms. The lowest BCUT2D eigenvalue weighted by Gasteiger charge is -2.47. The molecular weight excluding hydrogens is 417 g/mol. The standard InChI is InChI=1S/C18H14ClF3N2O3S/c19-12-7-13(10-1-3-11(4-2-10)27-18(20,21)22)28-15(12)16(26)24-8-17(9-24)6-5-14(25)23-17/h1-4,7H,5-6,8-9H2,(H,23,25). The number of rotatable bonds is 3. The van der Waals surface area contributed by atoms with Gasteiger partial charge in [-0.25, -0.2) is 0 Å². The fourth-order valence-corrected chi connectivity index (χ4v) is 4.85. The molecular formula is C18H14ClF3N2O3S. The van der Waals surface area contributed by atoms with Crippen LogP contribution in [-0.2, 0) is 4.79 Å². The van der Waals surface area contributed by atoms with Gasteiger partial charge in [-0.1, -0.05) is 11.6 Å². The Morgan fingerprint density at radius 2 is 1.93 bits per heavy atom. The third-order valence-corrected chi connectivity index (χ3v) is 6.35. The normalized spacial score (nSPS) is 18.1. The first-order valence-electron chi connectivity index (χ1n) is 8.40. The number of nitrogens with zero attached hydrogens (tertiary/aromatic N) is 1. The minimum Gasteiger partial charge on any atom is -0.406 e. The van der Waals surface area contributed by atoms with Crippen LogP contribution in [0.2, 0.25) is 5.02 Å². The van der Waals surface area contributed by atoms with Crippen LogP contribution < -0.4 is 10.1 Å².